The van der Waals surface area contributed by atoms with E-state index in [1.165, 1.54) is 13.2 Å². The predicted octanol–water partition coefficient (Wildman–Crippen LogP) is 3.23. The van der Waals surface area contributed by atoms with Crippen LogP contribution in [0.4, 0.5) is 4.39 Å². The number of methoxy groups -OCH3 is 1. The largest absolute Gasteiger partial charge is 0.497 e. The molecule has 19 heavy (non-hydrogen) atoms. The number of benzene rings is 2. The van der Waals surface area contributed by atoms with Crippen LogP contribution in [0.3, 0.4) is 0 Å². The van der Waals surface area contributed by atoms with Crippen LogP contribution >= 0.6 is 0 Å². The van der Waals surface area contributed by atoms with Crippen molar-refractivity contribution in [3.8, 4) is 11.5 Å². The maximum atomic E-state index is 13.7. The molecule has 0 spiro atoms. The lowest BCUT2D eigenvalue weighted by Gasteiger charge is -2.08. The molecule has 0 saturated heterocycles. The lowest BCUT2D eigenvalue weighted by Crippen LogP contribution is -1.99. The highest BCUT2D eigenvalue weighted by Gasteiger charge is 2.05. The summed E-state index contributed by atoms with van der Waals surface area (Å²) in [6.45, 7) is 0.0954. The molecule has 2 aromatic carbocycles. The van der Waals surface area contributed by atoms with Gasteiger partial charge in [0.05, 0.1) is 7.11 Å². The van der Waals surface area contributed by atoms with Gasteiger partial charge in [-0.3, -0.25) is 4.79 Å². The van der Waals surface area contributed by atoms with E-state index in [0.29, 0.717) is 22.6 Å². The Labute approximate surface area is 110 Å². The van der Waals surface area contributed by atoms with Crippen molar-refractivity contribution in [3.63, 3.8) is 0 Å². The van der Waals surface area contributed by atoms with E-state index in [1.807, 2.05) is 0 Å². The first-order valence-corrected chi connectivity index (χ1v) is 5.73. The molecule has 4 heteroatoms. The van der Waals surface area contributed by atoms with Crippen molar-refractivity contribution in [3.05, 3.63) is 59.4 Å². The number of carbonyl (C=O) groups is 1. The standard InChI is InChI=1S/C15H13FO3/c1-18-13-6-5-12(15(16)8-13)10-19-14-4-2-3-11(7-14)9-17/h2-9H,10H2,1H3. The van der Waals surface area contributed by atoms with Crippen LogP contribution in [0.2, 0.25) is 0 Å². The zero-order chi connectivity index (χ0) is 13.7. The third-order valence-electron chi connectivity index (χ3n) is 2.65. The topological polar surface area (TPSA) is 35.5 Å². The molecule has 0 radical (unpaired) electrons. The number of halogens is 1. The summed E-state index contributed by atoms with van der Waals surface area (Å²) in [4.78, 5) is 10.6. The van der Waals surface area contributed by atoms with Crippen molar-refractivity contribution in [1.29, 1.82) is 0 Å². The van der Waals surface area contributed by atoms with Crippen molar-refractivity contribution in [1.82, 2.24) is 0 Å². The summed E-state index contributed by atoms with van der Waals surface area (Å²) in [6, 6.07) is 11.3. The Kier molecular flexibility index (Phi) is 4.13. The van der Waals surface area contributed by atoms with Gasteiger partial charge in [0.1, 0.15) is 30.2 Å². The lowest BCUT2D eigenvalue weighted by atomic mass is 10.2. The van der Waals surface area contributed by atoms with E-state index in [1.54, 1.807) is 36.4 Å². The second-order valence-electron chi connectivity index (χ2n) is 3.94. The van der Waals surface area contributed by atoms with Gasteiger partial charge in [-0.05, 0) is 24.3 Å². The van der Waals surface area contributed by atoms with Crippen LogP contribution in [0.25, 0.3) is 0 Å². The molecule has 2 aromatic rings. The Morgan fingerprint density at radius 2 is 2.00 bits per heavy atom. The summed E-state index contributed by atoms with van der Waals surface area (Å²) in [7, 11) is 1.48. The average molecular weight is 260 g/mol. The highest BCUT2D eigenvalue weighted by molar-refractivity contribution is 5.75. The zero-order valence-corrected chi connectivity index (χ0v) is 10.4. The first-order valence-electron chi connectivity index (χ1n) is 5.73. The van der Waals surface area contributed by atoms with Crippen LogP contribution < -0.4 is 9.47 Å². The van der Waals surface area contributed by atoms with Gasteiger partial charge in [0.2, 0.25) is 0 Å². The molecule has 0 saturated carbocycles. The van der Waals surface area contributed by atoms with Crippen LogP contribution in [-0.2, 0) is 6.61 Å². The SMILES string of the molecule is COc1ccc(COc2cccc(C=O)c2)c(F)c1. The fraction of sp³-hybridized carbons (Fsp3) is 0.133. The van der Waals surface area contributed by atoms with E-state index in [-0.39, 0.29) is 12.4 Å². The average Bonchev–Trinajstić information content (AvgIpc) is 2.46. The second kappa shape index (κ2) is 6.00. The lowest BCUT2D eigenvalue weighted by molar-refractivity contribution is 0.112. The van der Waals surface area contributed by atoms with E-state index in [0.717, 1.165) is 6.29 Å². The van der Waals surface area contributed by atoms with Gasteiger partial charge in [0, 0.05) is 17.2 Å². The Balaban J connectivity index is 2.07. The van der Waals surface area contributed by atoms with Crippen molar-refractivity contribution in [2.75, 3.05) is 7.11 Å². The summed E-state index contributed by atoms with van der Waals surface area (Å²) in [5.41, 5.74) is 0.949. The monoisotopic (exact) mass is 260 g/mol. The molecule has 2 rings (SSSR count). The van der Waals surface area contributed by atoms with Crippen LogP contribution in [-0.4, -0.2) is 13.4 Å². The summed E-state index contributed by atoms with van der Waals surface area (Å²) in [5.74, 6) is 0.606. The first-order chi connectivity index (χ1) is 9.22. The smallest absolute Gasteiger partial charge is 0.150 e. The Bertz CT molecular complexity index is 581. The molecule has 0 aliphatic rings. The van der Waals surface area contributed by atoms with Crippen LogP contribution in [0, 0.1) is 5.82 Å². The summed E-state index contributed by atoms with van der Waals surface area (Å²) in [6.07, 6.45) is 0.737. The van der Waals surface area contributed by atoms with E-state index in [4.69, 9.17) is 9.47 Å². The number of hydrogen-bond donors (Lipinski definition) is 0. The van der Waals surface area contributed by atoms with Gasteiger partial charge in [-0.2, -0.15) is 0 Å². The zero-order valence-electron chi connectivity index (χ0n) is 10.4. The summed E-state index contributed by atoms with van der Waals surface area (Å²) < 4.78 is 24.0. The molecule has 0 aromatic heterocycles. The minimum Gasteiger partial charge on any atom is -0.497 e. The molecule has 98 valence electrons. The molecular weight excluding hydrogens is 247 g/mol. The molecule has 0 heterocycles. The van der Waals surface area contributed by atoms with E-state index >= 15 is 0 Å². The normalized spacial score (nSPS) is 10.0. The number of hydrogen-bond acceptors (Lipinski definition) is 3. The third kappa shape index (κ3) is 3.31. The van der Waals surface area contributed by atoms with Crippen molar-refractivity contribution < 1.29 is 18.7 Å². The van der Waals surface area contributed by atoms with Gasteiger partial charge in [0.25, 0.3) is 0 Å². The Morgan fingerprint density at radius 1 is 1.16 bits per heavy atom. The minimum absolute atomic E-state index is 0.0954. The van der Waals surface area contributed by atoms with Crippen LogP contribution in [0.5, 0.6) is 11.5 Å². The van der Waals surface area contributed by atoms with Gasteiger partial charge in [-0.25, -0.2) is 4.39 Å². The quantitative estimate of drug-likeness (QED) is 0.774. The molecule has 0 fully saturated rings. The van der Waals surface area contributed by atoms with Crippen molar-refractivity contribution in [2.45, 2.75) is 6.61 Å². The van der Waals surface area contributed by atoms with Crippen molar-refractivity contribution in [2.24, 2.45) is 0 Å². The Hall–Kier alpha value is -2.36. The molecule has 0 atom stereocenters. The van der Waals surface area contributed by atoms with E-state index in [2.05, 4.69) is 0 Å². The van der Waals surface area contributed by atoms with Gasteiger partial charge in [0.15, 0.2) is 0 Å². The number of ether oxygens (including phenoxy) is 2. The molecular formula is C15H13FO3. The van der Waals surface area contributed by atoms with Gasteiger partial charge < -0.3 is 9.47 Å². The van der Waals surface area contributed by atoms with Gasteiger partial charge in [-0.1, -0.05) is 12.1 Å². The van der Waals surface area contributed by atoms with Gasteiger partial charge >= 0.3 is 0 Å². The minimum atomic E-state index is -0.383. The summed E-state index contributed by atoms with van der Waals surface area (Å²) in [5, 5.41) is 0. The maximum Gasteiger partial charge on any atom is 0.150 e. The molecule has 3 nitrogen and oxygen atoms in total. The number of carbonyl (C=O) groups excluding carboxylic acids is 1. The molecule has 0 amide bonds. The Morgan fingerprint density at radius 3 is 2.68 bits per heavy atom. The highest BCUT2D eigenvalue weighted by atomic mass is 19.1. The van der Waals surface area contributed by atoms with Crippen molar-refractivity contribution >= 4 is 6.29 Å². The van der Waals surface area contributed by atoms with Crippen LogP contribution in [0.15, 0.2) is 42.5 Å². The predicted molar refractivity (Wildman–Crippen MR) is 69.1 cm³/mol. The fourth-order valence-corrected chi connectivity index (χ4v) is 1.61. The maximum absolute atomic E-state index is 13.7. The van der Waals surface area contributed by atoms with Crippen LogP contribution in [0.1, 0.15) is 15.9 Å². The third-order valence-corrected chi connectivity index (χ3v) is 2.65. The molecule has 0 bridgehead atoms. The van der Waals surface area contributed by atoms with Gasteiger partial charge in [-0.15, -0.1) is 0 Å². The molecule has 0 unspecified atom stereocenters. The molecule has 0 N–H and O–H groups in total. The van der Waals surface area contributed by atoms with E-state index < -0.39 is 0 Å². The molecule has 0 aliphatic heterocycles. The highest BCUT2D eigenvalue weighted by Crippen LogP contribution is 2.19. The fourth-order valence-electron chi connectivity index (χ4n) is 1.61. The molecule has 0 aliphatic carbocycles. The first kappa shape index (κ1) is 13.1. The summed E-state index contributed by atoms with van der Waals surface area (Å²) >= 11 is 0. The number of rotatable bonds is 5. The number of aldehydes is 1. The second-order valence-corrected chi connectivity index (χ2v) is 3.94. The van der Waals surface area contributed by atoms with E-state index in [9.17, 15) is 9.18 Å².